The number of benzene rings is 1. The van der Waals surface area contributed by atoms with Gasteiger partial charge in [-0.25, -0.2) is 4.39 Å². The van der Waals surface area contributed by atoms with Crippen molar-refractivity contribution in [2.75, 3.05) is 5.32 Å². The average molecular weight is 369 g/mol. The first-order chi connectivity index (χ1) is 12.6. The number of nitrogens with zero attached hydrogens (tertiary/aromatic N) is 4. The summed E-state index contributed by atoms with van der Waals surface area (Å²) in [6.45, 7) is 8.08. The molecule has 1 amide bonds. The SMILES string of the molecule is Cc1cn(CC(=O)Nc2cc(C(C)(C)C)nn2C)nc1-c1ccccc1F. The van der Waals surface area contributed by atoms with Crippen molar-refractivity contribution >= 4 is 11.7 Å². The Morgan fingerprint density at radius 2 is 1.93 bits per heavy atom. The van der Waals surface area contributed by atoms with Crippen molar-refractivity contribution in [2.24, 2.45) is 7.05 Å². The van der Waals surface area contributed by atoms with Gasteiger partial charge in [0.15, 0.2) is 0 Å². The lowest BCUT2D eigenvalue weighted by Gasteiger charge is -2.13. The maximum absolute atomic E-state index is 14.0. The van der Waals surface area contributed by atoms with Crippen LogP contribution in [0.5, 0.6) is 0 Å². The van der Waals surface area contributed by atoms with Gasteiger partial charge in [0.1, 0.15) is 18.2 Å². The van der Waals surface area contributed by atoms with Crippen molar-refractivity contribution in [1.82, 2.24) is 19.6 Å². The summed E-state index contributed by atoms with van der Waals surface area (Å²) in [4.78, 5) is 12.4. The summed E-state index contributed by atoms with van der Waals surface area (Å²) in [5.41, 5.74) is 2.57. The molecule has 0 saturated carbocycles. The number of carbonyl (C=O) groups is 1. The topological polar surface area (TPSA) is 64.7 Å². The number of hydrogen-bond donors (Lipinski definition) is 1. The highest BCUT2D eigenvalue weighted by molar-refractivity contribution is 5.89. The molecule has 1 aromatic carbocycles. The molecule has 3 rings (SSSR count). The summed E-state index contributed by atoms with van der Waals surface area (Å²) in [5.74, 6) is 0.0732. The average Bonchev–Trinajstić information content (AvgIpc) is 3.11. The maximum atomic E-state index is 14.0. The first-order valence-corrected chi connectivity index (χ1v) is 8.78. The van der Waals surface area contributed by atoms with Crippen LogP contribution >= 0.6 is 0 Å². The Bertz CT molecular complexity index is 981. The first kappa shape index (κ1) is 18.8. The summed E-state index contributed by atoms with van der Waals surface area (Å²) in [6.07, 6.45) is 1.74. The molecule has 0 atom stereocenters. The molecule has 0 unspecified atom stereocenters. The summed E-state index contributed by atoms with van der Waals surface area (Å²) < 4.78 is 17.2. The van der Waals surface area contributed by atoms with Crippen LogP contribution in [0, 0.1) is 12.7 Å². The number of nitrogens with one attached hydrogen (secondary N) is 1. The number of carbonyl (C=O) groups excluding carboxylic acids is 1. The minimum atomic E-state index is -0.333. The Morgan fingerprint density at radius 3 is 2.56 bits per heavy atom. The van der Waals surface area contributed by atoms with Crippen molar-refractivity contribution < 1.29 is 9.18 Å². The second kappa shape index (κ2) is 6.98. The molecule has 0 spiro atoms. The predicted molar refractivity (Wildman–Crippen MR) is 103 cm³/mol. The molecule has 1 N–H and O–H groups in total. The van der Waals surface area contributed by atoms with Gasteiger partial charge in [-0.2, -0.15) is 10.2 Å². The molecule has 142 valence electrons. The van der Waals surface area contributed by atoms with Crippen molar-refractivity contribution in [3.63, 3.8) is 0 Å². The molecule has 0 radical (unpaired) electrons. The van der Waals surface area contributed by atoms with Crippen LogP contribution < -0.4 is 5.32 Å². The van der Waals surface area contributed by atoms with Crippen LogP contribution in [-0.2, 0) is 23.8 Å². The van der Waals surface area contributed by atoms with Crippen LogP contribution in [0.25, 0.3) is 11.3 Å². The minimum absolute atomic E-state index is 0.0331. The minimum Gasteiger partial charge on any atom is -0.309 e. The number of hydrogen-bond acceptors (Lipinski definition) is 3. The van der Waals surface area contributed by atoms with Gasteiger partial charge in [0.25, 0.3) is 0 Å². The number of halogens is 1. The van der Waals surface area contributed by atoms with E-state index in [1.807, 2.05) is 13.0 Å². The van der Waals surface area contributed by atoms with Gasteiger partial charge in [-0.3, -0.25) is 14.2 Å². The van der Waals surface area contributed by atoms with E-state index in [4.69, 9.17) is 0 Å². The van der Waals surface area contributed by atoms with Crippen LogP contribution in [-0.4, -0.2) is 25.5 Å². The molecule has 0 aliphatic heterocycles. The second-order valence-corrected chi connectivity index (χ2v) is 7.67. The molecule has 6 nitrogen and oxygen atoms in total. The number of amides is 1. The van der Waals surface area contributed by atoms with Gasteiger partial charge >= 0.3 is 0 Å². The predicted octanol–water partition coefficient (Wildman–Crippen LogP) is 3.67. The fourth-order valence-corrected chi connectivity index (χ4v) is 2.80. The van der Waals surface area contributed by atoms with E-state index in [0.717, 1.165) is 11.3 Å². The van der Waals surface area contributed by atoms with Gasteiger partial charge < -0.3 is 5.32 Å². The summed E-state index contributed by atoms with van der Waals surface area (Å²) in [5, 5.41) is 11.7. The fourth-order valence-electron chi connectivity index (χ4n) is 2.80. The molecule has 0 fully saturated rings. The molecular weight excluding hydrogens is 345 g/mol. The highest BCUT2D eigenvalue weighted by atomic mass is 19.1. The Labute approximate surface area is 158 Å². The van der Waals surface area contributed by atoms with Crippen LogP contribution in [0.4, 0.5) is 10.2 Å². The van der Waals surface area contributed by atoms with Gasteiger partial charge in [-0.1, -0.05) is 32.9 Å². The number of aryl methyl sites for hydroxylation is 2. The molecule has 2 heterocycles. The molecule has 3 aromatic rings. The lowest BCUT2D eigenvalue weighted by molar-refractivity contribution is -0.116. The van der Waals surface area contributed by atoms with Crippen LogP contribution in [0.1, 0.15) is 32.0 Å². The van der Waals surface area contributed by atoms with Crippen molar-refractivity contribution in [1.29, 1.82) is 0 Å². The lowest BCUT2D eigenvalue weighted by Crippen LogP contribution is -2.20. The Balaban J connectivity index is 1.75. The van der Waals surface area contributed by atoms with Gasteiger partial charge in [0, 0.05) is 30.3 Å². The normalized spacial score (nSPS) is 11.6. The third kappa shape index (κ3) is 4.07. The molecule has 0 aliphatic rings. The molecule has 7 heteroatoms. The standard InChI is InChI=1S/C20H24FN5O/c1-13-11-26(24-19(13)14-8-6-7-9-15(14)21)12-18(27)22-17-10-16(20(2,3)4)23-25(17)5/h6-11H,12H2,1-5H3,(H,22,27). The monoisotopic (exact) mass is 369 g/mol. The third-order valence-electron chi connectivity index (χ3n) is 4.29. The lowest BCUT2D eigenvalue weighted by atomic mass is 9.92. The Kier molecular flexibility index (Phi) is 4.87. The molecule has 2 aromatic heterocycles. The number of anilines is 1. The number of rotatable bonds is 4. The summed E-state index contributed by atoms with van der Waals surface area (Å²) in [7, 11) is 1.79. The molecule has 0 bridgehead atoms. The first-order valence-electron chi connectivity index (χ1n) is 8.78. The van der Waals surface area contributed by atoms with Crippen LogP contribution in [0.2, 0.25) is 0 Å². The highest BCUT2D eigenvalue weighted by Gasteiger charge is 2.20. The van der Waals surface area contributed by atoms with E-state index in [1.54, 1.807) is 36.1 Å². The second-order valence-electron chi connectivity index (χ2n) is 7.67. The van der Waals surface area contributed by atoms with E-state index in [9.17, 15) is 9.18 Å². The third-order valence-corrected chi connectivity index (χ3v) is 4.29. The molecule has 27 heavy (non-hydrogen) atoms. The summed E-state index contributed by atoms with van der Waals surface area (Å²) >= 11 is 0. The zero-order valence-electron chi connectivity index (χ0n) is 16.2. The Morgan fingerprint density at radius 1 is 1.22 bits per heavy atom. The largest absolute Gasteiger partial charge is 0.309 e. The van der Waals surface area contributed by atoms with Crippen molar-refractivity contribution in [2.45, 2.75) is 39.7 Å². The van der Waals surface area contributed by atoms with Crippen molar-refractivity contribution in [3.8, 4) is 11.3 Å². The molecular formula is C20H24FN5O. The maximum Gasteiger partial charge on any atom is 0.247 e. The zero-order chi connectivity index (χ0) is 19.8. The van der Waals surface area contributed by atoms with E-state index < -0.39 is 0 Å². The smallest absolute Gasteiger partial charge is 0.247 e. The van der Waals surface area contributed by atoms with Crippen LogP contribution in [0.3, 0.4) is 0 Å². The van der Waals surface area contributed by atoms with Gasteiger partial charge in [0.05, 0.1) is 11.4 Å². The van der Waals surface area contributed by atoms with Gasteiger partial charge in [-0.15, -0.1) is 0 Å². The zero-order valence-corrected chi connectivity index (χ0v) is 16.2. The molecule has 0 saturated heterocycles. The van der Waals surface area contributed by atoms with Gasteiger partial charge in [0.2, 0.25) is 5.91 Å². The quantitative estimate of drug-likeness (QED) is 0.763. The summed E-state index contributed by atoms with van der Waals surface area (Å²) in [6, 6.07) is 8.35. The van der Waals surface area contributed by atoms with E-state index in [0.29, 0.717) is 17.1 Å². The van der Waals surface area contributed by atoms with E-state index in [1.165, 1.54) is 10.7 Å². The molecule has 0 aliphatic carbocycles. The number of aromatic nitrogens is 4. The van der Waals surface area contributed by atoms with Gasteiger partial charge in [-0.05, 0) is 24.6 Å². The Hall–Kier alpha value is -2.96. The van der Waals surface area contributed by atoms with E-state index >= 15 is 0 Å². The highest BCUT2D eigenvalue weighted by Crippen LogP contribution is 2.25. The van der Waals surface area contributed by atoms with Crippen molar-refractivity contribution in [3.05, 3.63) is 53.6 Å². The van der Waals surface area contributed by atoms with Crippen LogP contribution in [0.15, 0.2) is 36.5 Å². The fraction of sp³-hybridized carbons (Fsp3) is 0.350. The van der Waals surface area contributed by atoms with E-state index in [2.05, 4.69) is 36.3 Å². The van der Waals surface area contributed by atoms with E-state index in [-0.39, 0.29) is 23.7 Å².